The number of hydrogen-bond acceptors (Lipinski definition) is 4. The van der Waals surface area contributed by atoms with E-state index >= 15 is 0 Å². The zero-order valence-corrected chi connectivity index (χ0v) is 15.3. The lowest BCUT2D eigenvalue weighted by atomic mass is 10.1. The molecule has 1 aromatic carbocycles. The number of benzene rings is 1. The largest absolute Gasteiger partial charge is 0.360 e. The fraction of sp³-hybridized carbons (Fsp3) is 0.412. The minimum absolute atomic E-state index is 0. The fourth-order valence-electron chi connectivity index (χ4n) is 3.09. The zero-order chi connectivity index (χ0) is 16.4. The van der Waals surface area contributed by atoms with Crippen LogP contribution in [0.1, 0.15) is 22.5 Å². The summed E-state index contributed by atoms with van der Waals surface area (Å²) in [6.45, 7) is 4.20. The number of nitrogens with zero attached hydrogens (tertiary/aromatic N) is 2. The average molecular weight is 370 g/mol. The third-order valence-corrected chi connectivity index (χ3v) is 4.60. The molecule has 1 N–H and O–H groups in total. The molecule has 130 valence electrons. The van der Waals surface area contributed by atoms with E-state index in [1.807, 2.05) is 30.1 Å². The topological polar surface area (TPSA) is 58.4 Å². The van der Waals surface area contributed by atoms with Crippen molar-refractivity contribution >= 4 is 29.9 Å². The molecule has 1 fully saturated rings. The van der Waals surface area contributed by atoms with Crippen LogP contribution < -0.4 is 5.32 Å². The third kappa shape index (κ3) is 3.58. The predicted molar refractivity (Wildman–Crippen MR) is 96.9 cm³/mol. The number of halogens is 2. The van der Waals surface area contributed by atoms with Crippen LogP contribution in [0.2, 0.25) is 5.02 Å². The average Bonchev–Trinajstić information content (AvgIpc) is 3.15. The molecular formula is C17H21Cl2N3O2. The van der Waals surface area contributed by atoms with Crippen LogP contribution in [0, 0.1) is 12.8 Å². The summed E-state index contributed by atoms with van der Waals surface area (Å²) in [7, 11) is 1.93. The minimum atomic E-state index is -0.0303. The minimum Gasteiger partial charge on any atom is -0.360 e. The van der Waals surface area contributed by atoms with Gasteiger partial charge < -0.3 is 14.7 Å². The molecule has 0 bridgehead atoms. The van der Waals surface area contributed by atoms with Crippen molar-refractivity contribution in [2.75, 3.05) is 26.7 Å². The predicted octanol–water partition coefficient (Wildman–Crippen LogP) is 3.41. The van der Waals surface area contributed by atoms with Gasteiger partial charge in [-0.05, 0) is 38.9 Å². The summed E-state index contributed by atoms with van der Waals surface area (Å²) in [4.78, 5) is 14.8. The molecule has 24 heavy (non-hydrogen) atoms. The summed E-state index contributed by atoms with van der Waals surface area (Å²) in [5.74, 6) is 0.993. The standard InChI is InChI=1S/C17H20ClN3O2.ClH/c1-11-15(17(22)21-8-7-12(10-21)9-19-2)16(20-23-11)13-5-3-4-6-14(13)18;/h3-6,12,19H,7-10H2,1-2H3;1H. The van der Waals surface area contributed by atoms with Crippen molar-refractivity contribution in [3.63, 3.8) is 0 Å². The zero-order valence-electron chi connectivity index (χ0n) is 13.7. The molecule has 5 nitrogen and oxygen atoms in total. The second-order valence-electron chi connectivity index (χ2n) is 5.91. The van der Waals surface area contributed by atoms with Crippen LogP contribution in [-0.2, 0) is 0 Å². The van der Waals surface area contributed by atoms with Crippen molar-refractivity contribution in [3.05, 3.63) is 40.6 Å². The molecule has 1 aliphatic heterocycles. The normalized spacial score (nSPS) is 17.0. The quantitative estimate of drug-likeness (QED) is 0.896. The van der Waals surface area contributed by atoms with Crippen LogP contribution in [0.5, 0.6) is 0 Å². The first-order valence-electron chi connectivity index (χ1n) is 7.77. The van der Waals surface area contributed by atoms with Gasteiger partial charge in [0.15, 0.2) is 0 Å². The number of likely N-dealkylation sites (tertiary alicyclic amines) is 1. The first-order chi connectivity index (χ1) is 11.1. The van der Waals surface area contributed by atoms with Crippen LogP contribution in [0.4, 0.5) is 0 Å². The Kier molecular flexibility index (Phi) is 6.27. The molecule has 0 spiro atoms. The number of carbonyl (C=O) groups is 1. The first kappa shape index (κ1) is 18.8. The van der Waals surface area contributed by atoms with Crippen LogP contribution in [0.3, 0.4) is 0 Å². The molecule has 1 saturated heterocycles. The van der Waals surface area contributed by atoms with Gasteiger partial charge in [0, 0.05) is 18.7 Å². The molecule has 3 rings (SSSR count). The number of hydrogen-bond donors (Lipinski definition) is 1. The maximum Gasteiger partial charge on any atom is 0.259 e. The van der Waals surface area contributed by atoms with E-state index < -0.39 is 0 Å². The molecular weight excluding hydrogens is 349 g/mol. The molecule has 0 aliphatic carbocycles. The van der Waals surface area contributed by atoms with Crippen molar-refractivity contribution in [3.8, 4) is 11.3 Å². The maximum atomic E-state index is 12.9. The third-order valence-electron chi connectivity index (χ3n) is 4.27. The SMILES string of the molecule is CNCC1CCN(C(=O)c2c(-c3ccccc3Cl)noc2C)C1.Cl. The van der Waals surface area contributed by atoms with Gasteiger partial charge in [-0.3, -0.25) is 4.79 Å². The van der Waals surface area contributed by atoms with Crippen molar-refractivity contribution in [2.24, 2.45) is 5.92 Å². The lowest BCUT2D eigenvalue weighted by Crippen LogP contribution is -2.30. The molecule has 1 unspecified atom stereocenters. The molecule has 1 aromatic heterocycles. The number of aromatic nitrogens is 1. The van der Waals surface area contributed by atoms with Crippen LogP contribution >= 0.6 is 24.0 Å². The van der Waals surface area contributed by atoms with E-state index in [0.29, 0.717) is 28.0 Å². The van der Waals surface area contributed by atoms with E-state index in [4.69, 9.17) is 16.1 Å². The van der Waals surface area contributed by atoms with Crippen molar-refractivity contribution in [2.45, 2.75) is 13.3 Å². The van der Waals surface area contributed by atoms with E-state index in [0.717, 1.165) is 31.6 Å². The molecule has 1 atom stereocenters. The Hall–Kier alpha value is -1.56. The van der Waals surface area contributed by atoms with Gasteiger partial charge >= 0.3 is 0 Å². The van der Waals surface area contributed by atoms with E-state index in [1.54, 1.807) is 13.0 Å². The maximum absolute atomic E-state index is 12.9. The summed E-state index contributed by atoms with van der Waals surface area (Å²) in [5.41, 5.74) is 1.76. The van der Waals surface area contributed by atoms with Gasteiger partial charge in [-0.25, -0.2) is 0 Å². The molecule has 7 heteroatoms. The fourth-order valence-corrected chi connectivity index (χ4v) is 3.32. The highest BCUT2D eigenvalue weighted by Gasteiger charge is 2.31. The van der Waals surface area contributed by atoms with Gasteiger partial charge in [0.1, 0.15) is 17.0 Å². The van der Waals surface area contributed by atoms with Crippen molar-refractivity contribution in [1.29, 1.82) is 0 Å². The number of carbonyl (C=O) groups excluding carboxylic acids is 1. The number of rotatable bonds is 4. The Bertz CT molecular complexity index is 718. The van der Waals surface area contributed by atoms with E-state index in [2.05, 4.69) is 10.5 Å². The number of nitrogens with one attached hydrogen (secondary N) is 1. The monoisotopic (exact) mass is 369 g/mol. The van der Waals surface area contributed by atoms with Crippen LogP contribution in [-0.4, -0.2) is 42.6 Å². The van der Waals surface area contributed by atoms with Crippen LogP contribution in [0.25, 0.3) is 11.3 Å². The summed E-state index contributed by atoms with van der Waals surface area (Å²) < 4.78 is 5.29. The van der Waals surface area contributed by atoms with Gasteiger partial charge in [-0.15, -0.1) is 12.4 Å². The van der Waals surface area contributed by atoms with Crippen molar-refractivity contribution in [1.82, 2.24) is 15.4 Å². The Morgan fingerprint density at radius 3 is 2.92 bits per heavy atom. The Morgan fingerprint density at radius 1 is 1.46 bits per heavy atom. The second kappa shape index (κ2) is 8.01. The Morgan fingerprint density at radius 2 is 2.21 bits per heavy atom. The highest BCUT2D eigenvalue weighted by molar-refractivity contribution is 6.33. The molecule has 2 aromatic rings. The lowest BCUT2D eigenvalue weighted by Gasteiger charge is -2.16. The van der Waals surface area contributed by atoms with Crippen molar-refractivity contribution < 1.29 is 9.32 Å². The number of amides is 1. The van der Waals surface area contributed by atoms with Gasteiger partial charge in [-0.1, -0.05) is 35.0 Å². The highest BCUT2D eigenvalue weighted by atomic mass is 35.5. The van der Waals surface area contributed by atoms with Gasteiger partial charge in [-0.2, -0.15) is 0 Å². The summed E-state index contributed by atoms with van der Waals surface area (Å²) in [6, 6.07) is 7.36. The van der Waals surface area contributed by atoms with E-state index in [1.165, 1.54) is 0 Å². The van der Waals surface area contributed by atoms with E-state index in [-0.39, 0.29) is 18.3 Å². The highest BCUT2D eigenvalue weighted by Crippen LogP contribution is 2.32. The molecule has 1 amide bonds. The lowest BCUT2D eigenvalue weighted by molar-refractivity contribution is 0.0786. The smallest absolute Gasteiger partial charge is 0.259 e. The summed E-state index contributed by atoms with van der Waals surface area (Å²) in [5, 5.41) is 7.81. The number of aryl methyl sites for hydroxylation is 1. The van der Waals surface area contributed by atoms with Gasteiger partial charge in [0.2, 0.25) is 0 Å². The first-order valence-corrected chi connectivity index (χ1v) is 8.14. The molecule has 1 aliphatic rings. The van der Waals surface area contributed by atoms with Gasteiger partial charge in [0.05, 0.1) is 5.02 Å². The van der Waals surface area contributed by atoms with E-state index in [9.17, 15) is 4.79 Å². The summed E-state index contributed by atoms with van der Waals surface area (Å²) >= 11 is 6.25. The Balaban J connectivity index is 0.00000208. The summed E-state index contributed by atoms with van der Waals surface area (Å²) in [6.07, 6.45) is 1.01. The van der Waals surface area contributed by atoms with Gasteiger partial charge in [0.25, 0.3) is 5.91 Å². The van der Waals surface area contributed by atoms with Crippen LogP contribution in [0.15, 0.2) is 28.8 Å². The Labute approximate surface area is 152 Å². The molecule has 0 saturated carbocycles. The molecule has 0 radical (unpaired) electrons. The second-order valence-corrected chi connectivity index (χ2v) is 6.31. The molecule has 2 heterocycles.